The molecule has 0 spiro atoms. The third kappa shape index (κ3) is 11.7. The zero-order valence-corrected chi connectivity index (χ0v) is 32.6. The van der Waals surface area contributed by atoms with Gasteiger partial charge in [0, 0.05) is 39.2 Å². The van der Waals surface area contributed by atoms with E-state index in [0.717, 1.165) is 0 Å². The van der Waals surface area contributed by atoms with Crippen molar-refractivity contribution in [3.63, 3.8) is 0 Å². The predicted octanol–water partition coefficient (Wildman–Crippen LogP) is 1.70. The summed E-state index contributed by atoms with van der Waals surface area (Å²) in [4.78, 5) is 83.6. The summed E-state index contributed by atoms with van der Waals surface area (Å²) in [6, 6.07) is 11.3. The number of benzene rings is 2. The normalized spacial score (nSPS) is 20.9. The average molecular weight is 765 g/mol. The van der Waals surface area contributed by atoms with Crippen LogP contribution in [0, 0.1) is 5.41 Å². The molecule has 15 heteroatoms. The van der Waals surface area contributed by atoms with E-state index in [1.807, 2.05) is 27.7 Å². The molecule has 1 saturated heterocycles. The van der Waals surface area contributed by atoms with E-state index in [1.54, 1.807) is 68.7 Å². The Bertz CT molecular complexity index is 1660. The molecule has 2 aliphatic rings. The van der Waals surface area contributed by atoms with E-state index in [-0.39, 0.29) is 25.3 Å². The molecular weight excluding hydrogens is 708 g/mol. The minimum absolute atomic E-state index is 0.0995. The highest BCUT2D eigenvalue weighted by Crippen LogP contribution is 2.28. The lowest BCUT2D eigenvalue weighted by Gasteiger charge is -2.36. The van der Waals surface area contributed by atoms with Gasteiger partial charge in [0.25, 0.3) is 11.8 Å². The maximum Gasteiger partial charge on any atom is 0.252 e. The van der Waals surface area contributed by atoms with E-state index in [4.69, 9.17) is 9.47 Å². The van der Waals surface area contributed by atoms with Crippen LogP contribution in [0.15, 0.2) is 54.6 Å². The third-order valence-electron chi connectivity index (χ3n) is 9.62. The van der Waals surface area contributed by atoms with E-state index < -0.39 is 77.9 Å². The number of hydrogen-bond acceptors (Lipinski definition) is 9. The standard InChI is InChI=1S/C40H56N6O9/c1-7-14-29(33(48)37(51)41-23-31(47)43-32(38(52)45(5)6)25-15-9-8-10-16-25)42-36(50)30-22-28-24-46(30)39(53)34(40(2,3)4)44-35(49)26-17-13-18-27(21-26)54-19-11-12-20-55-28/h8-10,13,15-18,21,28-30,32-34,48H,7,11-12,14,19-20,22-24H2,1-6H3,(H,41,51)(H,42,50)(H,43,47)(H,44,49)/t28-,29?,30+,32+,33?,34-/m1/s1. The molecule has 300 valence electrons. The Morgan fingerprint density at radius 2 is 1.71 bits per heavy atom. The summed E-state index contributed by atoms with van der Waals surface area (Å²) in [6.07, 6.45) is -0.00194. The van der Waals surface area contributed by atoms with Gasteiger partial charge in [0.15, 0.2) is 6.10 Å². The van der Waals surface area contributed by atoms with Gasteiger partial charge in [0.1, 0.15) is 23.9 Å². The van der Waals surface area contributed by atoms with E-state index in [0.29, 0.717) is 49.4 Å². The molecule has 6 amide bonds. The molecule has 2 aromatic carbocycles. The van der Waals surface area contributed by atoms with Gasteiger partial charge in [0.2, 0.25) is 23.6 Å². The number of hydrogen-bond donors (Lipinski definition) is 5. The molecule has 55 heavy (non-hydrogen) atoms. The van der Waals surface area contributed by atoms with Crippen LogP contribution in [0.2, 0.25) is 0 Å². The number of likely N-dealkylation sites (N-methyl/N-ethyl adjacent to an activating group) is 1. The van der Waals surface area contributed by atoms with Crippen molar-refractivity contribution in [2.24, 2.45) is 5.41 Å². The van der Waals surface area contributed by atoms with Crippen molar-refractivity contribution in [2.45, 2.75) is 96.2 Å². The van der Waals surface area contributed by atoms with E-state index in [9.17, 15) is 33.9 Å². The van der Waals surface area contributed by atoms with Crippen LogP contribution in [-0.2, 0) is 28.7 Å². The first kappa shape index (κ1) is 42.7. The SMILES string of the molecule is CCCC(NC(=O)[C@@H]1C[C@@H]2CN1C(=O)[C@H](C(C)(C)C)NC(=O)c1cccc(c1)OCCCCO2)C(O)C(=O)NCC(=O)N[C@H](C(=O)N(C)C)c1ccccc1. The van der Waals surface area contributed by atoms with Gasteiger partial charge in [-0.15, -0.1) is 0 Å². The molecule has 2 heterocycles. The van der Waals surface area contributed by atoms with Gasteiger partial charge in [-0.25, -0.2) is 0 Å². The number of fused-ring (bicyclic) bond motifs is 4. The van der Waals surface area contributed by atoms with Crippen LogP contribution in [-0.4, -0.2) is 121 Å². The van der Waals surface area contributed by atoms with Crippen molar-refractivity contribution < 1.29 is 43.3 Å². The summed E-state index contributed by atoms with van der Waals surface area (Å²) in [6.45, 7) is 7.65. The number of aliphatic hydroxyl groups excluding tert-OH is 1. The third-order valence-corrected chi connectivity index (χ3v) is 9.62. The summed E-state index contributed by atoms with van der Waals surface area (Å²) < 4.78 is 12.0. The van der Waals surface area contributed by atoms with Crippen molar-refractivity contribution >= 4 is 35.4 Å². The summed E-state index contributed by atoms with van der Waals surface area (Å²) >= 11 is 0. The maximum absolute atomic E-state index is 14.4. The highest BCUT2D eigenvalue weighted by molar-refractivity contribution is 5.99. The zero-order valence-electron chi connectivity index (χ0n) is 32.6. The number of carbonyl (C=O) groups excluding carboxylic acids is 6. The second-order valence-corrected chi connectivity index (χ2v) is 15.3. The van der Waals surface area contributed by atoms with Crippen LogP contribution in [0.25, 0.3) is 0 Å². The molecule has 15 nitrogen and oxygen atoms in total. The van der Waals surface area contributed by atoms with Crippen LogP contribution in [0.4, 0.5) is 0 Å². The minimum Gasteiger partial charge on any atom is -0.494 e. The van der Waals surface area contributed by atoms with Gasteiger partial charge in [0.05, 0.1) is 25.3 Å². The smallest absolute Gasteiger partial charge is 0.252 e. The van der Waals surface area contributed by atoms with Crippen molar-refractivity contribution in [1.82, 2.24) is 31.1 Å². The Morgan fingerprint density at radius 1 is 1.00 bits per heavy atom. The Hall–Kier alpha value is -5.02. The first-order chi connectivity index (χ1) is 26.1. The number of aliphatic hydroxyl groups is 1. The number of carbonyl (C=O) groups is 6. The Balaban J connectivity index is 1.48. The molecule has 2 aromatic rings. The summed E-state index contributed by atoms with van der Waals surface area (Å²) in [5.74, 6) is -2.91. The van der Waals surface area contributed by atoms with Crippen LogP contribution in [0.1, 0.15) is 81.8 Å². The fourth-order valence-corrected chi connectivity index (χ4v) is 6.57. The van der Waals surface area contributed by atoms with Gasteiger partial charge < -0.3 is 45.6 Å². The van der Waals surface area contributed by atoms with Gasteiger partial charge in [-0.2, -0.15) is 0 Å². The minimum atomic E-state index is -1.74. The van der Waals surface area contributed by atoms with Crippen LogP contribution >= 0.6 is 0 Å². The molecule has 4 rings (SSSR count). The Morgan fingerprint density at radius 3 is 2.38 bits per heavy atom. The summed E-state index contributed by atoms with van der Waals surface area (Å²) in [5, 5.41) is 21.9. The number of amides is 6. The average Bonchev–Trinajstić information content (AvgIpc) is 3.59. The number of nitrogens with one attached hydrogen (secondary N) is 4. The molecule has 0 aliphatic carbocycles. The van der Waals surface area contributed by atoms with E-state index in [1.165, 1.54) is 9.80 Å². The quantitative estimate of drug-likeness (QED) is 0.226. The molecule has 2 aliphatic heterocycles. The largest absolute Gasteiger partial charge is 0.494 e. The lowest BCUT2D eigenvalue weighted by Crippen LogP contribution is -2.59. The summed E-state index contributed by atoms with van der Waals surface area (Å²) in [7, 11) is 3.13. The lowest BCUT2D eigenvalue weighted by molar-refractivity contribution is -0.143. The molecule has 0 radical (unpaired) electrons. The molecule has 6 atom stereocenters. The molecule has 1 fully saturated rings. The van der Waals surface area contributed by atoms with Crippen LogP contribution < -0.4 is 26.0 Å². The lowest BCUT2D eigenvalue weighted by atomic mass is 9.85. The Kier molecular flexibility index (Phi) is 15.2. The topological polar surface area (TPSA) is 196 Å². The van der Waals surface area contributed by atoms with E-state index >= 15 is 0 Å². The van der Waals surface area contributed by atoms with Crippen molar-refractivity contribution in [3.05, 3.63) is 65.7 Å². The molecule has 2 unspecified atom stereocenters. The van der Waals surface area contributed by atoms with Crippen LogP contribution in [0.3, 0.4) is 0 Å². The second-order valence-electron chi connectivity index (χ2n) is 15.3. The molecule has 0 saturated carbocycles. The number of ether oxygens (including phenoxy) is 2. The first-order valence-electron chi connectivity index (χ1n) is 18.9. The summed E-state index contributed by atoms with van der Waals surface area (Å²) in [5.41, 5.74) is 0.135. The van der Waals surface area contributed by atoms with Gasteiger partial charge in [-0.1, -0.05) is 70.5 Å². The zero-order chi connectivity index (χ0) is 40.3. The van der Waals surface area contributed by atoms with Crippen molar-refractivity contribution in [2.75, 3.05) is 40.4 Å². The monoisotopic (exact) mass is 764 g/mol. The highest BCUT2D eigenvalue weighted by Gasteiger charge is 2.46. The Labute approximate surface area is 322 Å². The van der Waals surface area contributed by atoms with Crippen molar-refractivity contribution in [1.29, 1.82) is 0 Å². The second kappa shape index (κ2) is 19.5. The van der Waals surface area contributed by atoms with E-state index in [2.05, 4.69) is 21.3 Å². The highest BCUT2D eigenvalue weighted by atomic mass is 16.5. The maximum atomic E-state index is 14.4. The predicted molar refractivity (Wildman–Crippen MR) is 204 cm³/mol. The molecule has 0 aromatic heterocycles. The molecule has 5 N–H and O–H groups in total. The fraction of sp³-hybridized carbons (Fsp3) is 0.550. The molecular formula is C40H56N6O9. The number of nitrogens with zero attached hydrogens (tertiary/aromatic N) is 2. The van der Waals surface area contributed by atoms with Gasteiger partial charge >= 0.3 is 0 Å². The first-order valence-corrected chi connectivity index (χ1v) is 18.9. The van der Waals surface area contributed by atoms with Gasteiger partial charge in [-0.05, 0) is 48.4 Å². The number of rotatable bonds is 11. The fourth-order valence-electron chi connectivity index (χ4n) is 6.57. The van der Waals surface area contributed by atoms with Crippen molar-refractivity contribution in [3.8, 4) is 5.75 Å². The van der Waals surface area contributed by atoms with Gasteiger partial charge in [-0.3, -0.25) is 28.8 Å². The molecule has 4 bridgehead atoms. The van der Waals surface area contributed by atoms with Crippen LogP contribution in [0.5, 0.6) is 5.75 Å².